The van der Waals surface area contributed by atoms with E-state index in [1.807, 2.05) is 0 Å². The Morgan fingerprint density at radius 3 is 2.86 bits per heavy atom. The van der Waals surface area contributed by atoms with Gasteiger partial charge >= 0.3 is 5.97 Å². The van der Waals surface area contributed by atoms with Crippen molar-refractivity contribution in [3.63, 3.8) is 0 Å². The van der Waals surface area contributed by atoms with Crippen LogP contribution in [-0.2, 0) is 9.53 Å². The topological polar surface area (TPSA) is 97.8 Å². The molecule has 0 bridgehead atoms. The fourth-order valence-electron chi connectivity index (χ4n) is 1.64. The Morgan fingerprint density at radius 2 is 2.23 bits per heavy atom. The standard InChI is InChI=1S/C14H17ClN2O5/c15-11-5-10(6-17-14(11)22-7-9-1-2-9)13(20)16-3-4-21-8-12(18)19/h5-6,9H,1-4,7-8H2,(H,16,20)(H,18,19). The van der Waals surface area contributed by atoms with Gasteiger partial charge in [-0.05, 0) is 24.8 Å². The number of carboxylic acids is 1. The van der Waals surface area contributed by atoms with E-state index in [1.165, 1.54) is 25.1 Å². The second-order valence-electron chi connectivity index (χ2n) is 4.97. The average Bonchev–Trinajstić information content (AvgIpc) is 3.29. The SMILES string of the molecule is O=C(O)COCCNC(=O)c1cnc(OCC2CC2)c(Cl)c1. The number of pyridine rings is 1. The lowest BCUT2D eigenvalue weighted by Crippen LogP contribution is -2.28. The summed E-state index contributed by atoms with van der Waals surface area (Å²) in [5.41, 5.74) is 0.307. The summed E-state index contributed by atoms with van der Waals surface area (Å²) in [6, 6.07) is 1.49. The van der Waals surface area contributed by atoms with E-state index in [1.54, 1.807) is 0 Å². The Bertz CT molecular complexity index is 548. The molecule has 0 radical (unpaired) electrons. The molecule has 0 saturated heterocycles. The second kappa shape index (κ2) is 7.95. The molecular weight excluding hydrogens is 312 g/mol. The predicted molar refractivity (Wildman–Crippen MR) is 78.3 cm³/mol. The van der Waals surface area contributed by atoms with Gasteiger partial charge in [0.05, 0.1) is 18.8 Å². The molecule has 2 N–H and O–H groups in total. The van der Waals surface area contributed by atoms with E-state index in [0.29, 0.717) is 24.0 Å². The molecule has 1 aromatic rings. The number of aromatic nitrogens is 1. The summed E-state index contributed by atoms with van der Waals surface area (Å²) in [6.07, 6.45) is 3.73. The Hall–Kier alpha value is -1.86. The van der Waals surface area contributed by atoms with E-state index in [2.05, 4.69) is 10.3 Å². The van der Waals surface area contributed by atoms with Gasteiger partial charge in [0.1, 0.15) is 11.6 Å². The number of hydrogen-bond acceptors (Lipinski definition) is 5. The third-order valence-corrected chi connectivity index (χ3v) is 3.25. The number of carboxylic acid groups (broad SMARTS) is 1. The van der Waals surface area contributed by atoms with Gasteiger partial charge in [-0.3, -0.25) is 4.79 Å². The Kier molecular flexibility index (Phi) is 5.97. The number of halogens is 1. The molecule has 0 spiro atoms. The molecule has 1 aliphatic rings. The van der Waals surface area contributed by atoms with E-state index in [4.69, 9.17) is 26.2 Å². The molecule has 1 saturated carbocycles. The van der Waals surface area contributed by atoms with E-state index in [-0.39, 0.29) is 24.1 Å². The fourth-order valence-corrected chi connectivity index (χ4v) is 1.86. The van der Waals surface area contributed by atoms with Crippen molar-refractivity contribution in [3.05, 3.63) is 22.8 Å². The van der Waals surface area contributed by atoms with Crippen LogP contribution < -0.4 is 10.1 Å². The number of hydrogen-bond donors (Lipinski definition) is 2. The molecule has 120 valence electrons. The first-order valence-electron chi connectivity index (χ1n) is 6.92. The molecule has 1 aliphatic carbocycles. The zero-order chi connectivity index (χ0) is 15.9. The molecule has 22 heavy (non-hydrogen) atoms. The minimum absolute atomic E-state index is 0.113. The maximum atomic E-state index is 11.9. The predicted octanol–water partition coefficient (Wildman–Crippen LogP) is 1.35. The van der Waals surface area contributed by atoms with Gasteiger partial charge in [-0.2, -0.15) is 0 Å². The number of carbonyl (C=O) groups excluding carboxylic acids is 1. The lowest BCUT2D eigenvalue weighted by Gasteiger charge is -2.08. The quantitative estimate of drug-likeness (QED) is 0.664. The molecule has 0 aliphatic heterocycles. The Morgan fingerprint density at radius 1 is 1.45 bits per heavy atom. The number of ether oxygens (including phenoxy) is 2. The highest BCUT2D eigenvalue weighted by atomic mass is 35.5. The summed E-state index contributed by atoms with van der Waals surface area (Å²) >= 11 is 6.04. The zero-order valence-corrected chi connectivity index (χ0v) is 12.6. The van der Waals surface area contributed by atoms with Crippen molar-refractivity contribution in [2.24, 2.45) is 5.92 Å². The summed E-state index contributed by atoms with van der Waals surface area (Å²) in [7, 11) is 0. The van der Waals surface area contributed by atoms with E-state index in [0.717, 1.165) is 0 Å². The number of carbonyl (C=O) groups is 2. The average molecular weight is 329 g/mol. The first-order valence-corrected chi connectivity index (χ1v) is 7.30. The van der Waals surface area contributed by atoms with Crippen LogP contribution in [0, 0.1) is 5.92 Å². The molecule has 7 nitrogen and oxygen atoms in total. The van der Waals surface area contributed by atoms with Gasteiger partial charge in [-0.15, -0.1) is 0 Å². The van der Waals surface area contributed by atoms with E-state index < -0.39 is 12.6 Å². The van der Waals surface area contributed by atoms with E-state index >= 15 is 0 Å². The molecule has 1 aromatic heterocycles. The van der Waals surface area contributed by atoms with Crippen LogP contribution in [0.4, 0.5) is 0 Å². The summed E-state index contributed by atoms with van der Waals surface area (Å²) < 4.78 is 10.3. The maximum Gasteiger partial charge on any atom is 0.329 e. The molecule has 8 heteroatoms. The van der Waals surface area contributed by atoms with Crippen molar-refractivity contribution >= 4 is 23.5 Å². The molecule has 0 atom stereocenters. The lowest BCUT2D eigenvalue weighted by atomic mass is 10.2. The number of amides is 1. The smallest absolute Gasteiger partial charge is 0.329 e. The molecular formula is C14H17ClN2O5. The van der Waals surface area contributed by atoms with Crippen molar-refractivity contribution in [2.75, 3.05) is 26.4 Å². The second-order valence-corrected chi connectivity index (χ2v) is 5.37. The van der Waals surface area contributed by atoms with Crippen LogP contribution in [0.3, 0.4) is 0 Å². The molecule has 0 aromatic carbocycles. The van der Waals surface area contributed by atoms with Crippen LogP contribution in [0.5, 0.6) is 5.88 Å². The number of nitrogens with one attached hydrogen (secondary N) is 1. The summed E-state index contributed by atoms with van der Waals surface area (Å²) in [4.78, 5) is 26.1. The van der Waals surface area contributed by atoms with Crippen molar-refractivity contribution in [3.8, 4) is 5.88 Å². The zero-order valence-electron chi connectivity index (χ0n) is 11.9. The molecule has 0 unspecified atom stereocenters. The van der Waals surface area contributed by atoms with Gasteiger partial charge in [0.25, 0.3) is 5.91 Å². The fraction of sp³-hybridized carbons (Fsp3) is 0.500. The monoisotopic (exact) mass is 328 g/mol. The molecule has 2 rings (SSSR count). The third kappa shape index (κ3) is 5.50. The van der Waals surface area contributed by atoms with Crippen LogP contribution in [0.1, 0.15) is 23.2 Å². The third-order valence-electron chi connectivity index (χ3n) is 2.98. The van der Waals surface area contributed by atoms with Gasteiger partial charge in [0, 0.05) is 12.7 Å². The van der Waals surface area contributed by atoms with Crippen LogP contribution in [0.15, 0.2) is 12.3 Å². The lowest BCUT2D eigenvalue weighted by molar-refractivity contribution is -0.142. The van der Waals surface area contributed by atoms with Crippen molar-refractivity contribution in [1.82, 2.24) is 10.3 Å². The minimum Gasteiger partial charge on any atom is -0.480 e. The maximum absolute atomic E-state index is 11.9. The van der Waals surface area contributed by atoms with Crippen LogP contribution in [0.2, 0.25) is 5.02 Å². The number of nitrogens with zero attached hydrogens (tertiary/aromatic N) is 1. The first kappa shape index (κ1) is 16.5. The summed E-state index contributed by atoms with van der Waals surface area (Å²) in [5, 5.41) is 11.3. The van der Waals surface area contributed by atoms with Gasteiger partial charge < -0.3 is 19.9 Å². The Balaban J connectivity index is 1.76. The van der Waals surface area contributed by atoms with Crippen molar-refractivity contribution in [1.29, 1.82) is 0 Å². The largest absolute Gasteiger partial charge is 0.480 e. The molecule has 1 heterocycles. The highest BCUT2D eigenvalue weighted by molar-refractivity contribution is 6.32. The van der Waals surface area contributed by atoms with Gasteiger partial charge in [0.2, 0.25) is 5.88 Å². The highest BCUT2D eigenvalue weighted by Gasteiger charge is 2.22. The number of aliphatic carboxylic acids is 1. The summed E-state index contributed by atoms with van der Waals surface area (Å²) in [6.45, 7) is 0.515. The van der Waals surface area contributed by atoms with E-state index in [9.17, 15) is 9.59 Å². The van der Waals surface area contributed by atoms with Crippen LogP contribution >= 0.6 is 11.6 Å². The minimum atomic E-state index is -1.05. The van der Waals surface area contributed by atoms with Crippen molar-refractivity contribution in [2.45, 2.75) is 12.8 Å². The molecule has 1 fully saturated rings. The summed E-state index contributed by atoms with van der Waals surface area (Å²) in [5.74, 6) is -0.493. The van der Waals surface area contributed by atoms with Crippen molar-refractivity contribution < 1.29 is 24.2 Å². The van der Waals surface area contributed by atoms with Crippen LogP contribution in [-0.4, -0.2) is 48.3 Å². The van der Waals surface area contributed by atoms with Gasteiger partial charge in [-0.25, -0.2) is 9.78 Å². The van der Waals surface area contributed by atoms with Crippen LogP contribution in [0.25, 0.3) is 0 Å². The Labute approximate surface area is 132 Å². The van der Waals surface area contributed by atoms with Gasteiger partial charge in [-0.1, -0.05) is 11.6 Å². The normalized spacial score (nSPS) is 13.7. The molecule has 1 amide bonds. The highest BCUT2D eigenvalue weighted by Crippen LogP contribution is 2.30. The van der Waals surface area contributed by atoms with Gasteiger partial charge in [0.15, 0.2) is 0 Å². The number of rotatable bonds is 9. The first-order chi connectivity index (χ1) is 10.6.